The van der Waals surface area contributed by atoms with Gasteiger partial charge < -0.3 is 20.3 Å². The summed E-state index contributed by atoms with van der Waals surface area (Å²) >= 11 is 0. The first-order valence-corrected chi connectivity index (χ1v) is 7.16. The number of ether oxygens (including phenoxy) is 1. The quantitative estimate of drug-likeness (QED) is 0.781. The highest BCUT2D eigenvalue weighted by molar-refractivity contribution is 5.97. The molecule has 0 unspecified atom stereocenters. The lowest BCUT2D eigenvalue weighted by molar-refractivity contribution is -0.121. The van der Waals surface area contributed by atoms with Crippen molar-refractivity contribution in [2.75, 3.05) is 38.2 Å². The Bertz CT molecular complexity index is 450. The summed E-state index contributed by atoms with van der Waals surface area (Å²) in [6.07, 6.45) is 0.906. The molecule has 1 aromatic carbocycles. The molecule has 1 aromatic rings. The number of fused-ring (bicyclic) bond motifs is 1. The molecule has 1 heterocycles. The molecule has 2 N–H and O–H groups in total. The van der Waals surface area contributed by atoms with Gasteiger partial charge in [-0.25, -0.2) is 0 Å². The third-order valence-electron chi connectivity index (χ3n) is 3.56. The van der Waals surface area contributed by atoms with E-state index in [1.165, 1.54) is 0 Å². The number of para-hydroxylation sites is 2. The van der Waals surface area contributed by atoms with Gasteiger partial charge in [0.1, 0.15) is 5.75 Å². The van der Waals surface area contributed by atoms with Crippen LogP contribution in [0.4, 0.5) is 5.69 Å². The molecule has 0 aromatic heterocycles. The molecule has 1 atom stereocenters. The number of hydrogen-bond donors (Lipinski definition) is 2. The molecule has 110 valence electrons. The van der Waals surface area contributed by atoms with E-state index in [1.54, 1.807) is 0 Å². The number of nitrogens with one attached hydrogen (secondary N) is 2. The number of nitrogens with zero attached hydrogens (tertiary/aromatic N) is 1. The number of rotatable bonds is 7. The SMILES string of the molecule is CCNC[C@@H](CCN1C(=O)COc2ccccc21)NC. The van der Waals surface area contributed by atoms with Crippen molar-refractivity contribution in [3.8, 4) is 5.75 Å². The topological polar surface area (TPSA) is 53.6 Å². The first-order chi connectivity index (χ1) is 9.76. The van der Waals surface area contributed by atoms with E-state index < -0.39 is 0 Å². The van der Waals surface area contributed by atoms with Crippen LogP contribution >= 0.6 is 0 Å². The molecule has 0 radical (unpaired) electrons. The van der Waals surface area contributed by atoms with Gasteiger partial charge in [0.2, 0.25) is 0 Å². The molecular formula is C15H23N3O2. The van der Waals surface area contributed by atoms with Crippen LogP contribution in [0.2, 0.25) is 0 Å². The standard InChI is InChI=1S/C15H23N3O2/c1-3-17-10-12(16-2)8-9-18-13-6-4-5-7-14(13)20-11-15(18)19/h4-7,12,16-17H,3,8-11H2,1-2H3/t12-/m1/s1. The summed E-state index contributed by atoms with van der Waals surface area (Å²) in [7, 11) is 1.96. The summed E-state index contributed by atoms with van der Waals surface area (Å²) in [4.78, 5) is 13.9. The van der Waals surface area contributed by atoms with Gasteiger partial charge >= 0.3 is 0 Å². The van der Waals surface area contributed by atoms with Crippen LogP contribution in [0.1, 0.15) is 13.3 Å². The number of hydrogen-bond acceptors (Lipinski definition) is 4. The maximum absolute atomic E-state index is 12.0. The third-order valence-corrected chi connectivity index (χ3v) is 3.56. The van der Waals surface area contributed by atoms with Crippen molar-refractivity contribution in [2.45, 2.75) is 19.4 Å². The molecule has 5 heteroatoms. The largest absolute Gasteiger partial charge is 0.482 e. The Morgan fingerprint density at radius 3 is 2.95 bits per heavy atom. The molecule has 20 heavy (non-hydrogen) atoms. The molecule has 0 bridgehead atoms. The Morgan fingerprint density at radius 1 is 1.40 bits per heavy atom. The molecule has 0 aliphatic carbocycles. The minimum absolute atomic E-state index is 0.0296. The van der Waals surface area contributed by atoms with Crippen LogP contribution in [0.3, 0.4) is 0 Å². The highest BCUT2D eigenvalue weighted by Crippen LogP contribution is 2.31. The Labute approximate surface area is 120 Å². The van der Waals surface area contributed by atoms with Crippen LogP contribution in [0.15, 0.2) is 24.3 Å². The summed E-state index contributed by atoms with van der Waals surface area (Å²) in [5.74, 6) is 0.821. The lowest BCUT2D eigenvalue weighted by Gasteiger charge is -2.30. The third kappa shape index (κ3) is 3.49. The van der Waals surface area contributed by atoms with Crippen molar-refractivity contribution in [1.29, 1.82) is 0 Å². The van der Waals surface area contributed by atoms with Crippen molar-refractivity contribution in [2.24, 2.45) is 0 Å². The summed E-state index contributed by atoms with van der Waals surface area (Å²) < 4.78 is 5.44. The lowest BCUT2D eigenvalue weighted by atomic mass is 10.1. The number of likely N-dealkylation sites (N-methyl/N-ethyl adjacent to an activating group) is 2. The summed E-state index contributed by atoms with van der Waals surface area (Å²) in [6, 6.07) is 8.06. The van der Waals surface area contributed by atoms with E-state index in [0.717, 1.165) is 30.9 Å². The van der Waals surface area contributed by atoms with Gasteiger partial charge in [0, 0.05) is 19.1 Å². The van der Waals surface area contributed by atoms with Gasteiger partial charge in [-0.05, 0) is 32.1 Å². The van der Waals surface area contributed by atoms with Gasteiger partial charge in [0.25, 0.3) is 5.91 Å². The molecule has 0 saturated heterocycles. The maximum atomic E-state index is 12.0. The summed E-state index contributed by atoms with van der Waals surface area (Å²) in [5.41, 5.74) is 0.877. The highest BCUT2D eigenvalue weighted by atomic mass is 16.5. The molecule has 0 saturated carbocycles. The van der Waals surface area contributed by atoms with Crippen LogP contribution < -0.4 is 20.3 Å². The molecule has 2 rings (SSSR count). The zero-order chi connectivity index (χ0) is 14.4. The van der Waals surface area contributed by atoms with E-state index in [0.29, 0.717) is 12.6 Å². The number of benzene rings is 1. The normalized spacial score (nSPS) is 15.7. The van der Waals surface area contributed by atoms with Gasteiger partial charge in [-0.3, -0.25) is 4.79 Å². The molecule has 0 spiro atoms. The fourth-order valence-electron chi connectivity index (χ4n) is 2.35. The molecule has 1 aliphatic rings. The monoisotopic (exact) mass is 277 g/mol. The fraction of sp³-hybridized carbons (Fsp3) is 0.533. The van der Waals surface area contributed by atoms with E-state index in [4.69, 9.17) is 4.74 Å². The number of anilines is 1. The smallest absolute Gasteiger partial charge is 0.265 e. The highest BCUT2D eigenvalue weighted by Gasteiger charge is 2.25. The first kappa shape index (κ1) is 14.8. The Balaban J connectivity index is 1.99. The minimum atomic E-state index is 0.0296. The van der Waals surface area contributed by atoms with Crippen molar-refractivity contribution >= 4 is 11.6 Å². The van der Waals surface area contributed by atoms with Crippen LogP contribution in [0.5, 0.6) is 5.75 Å². The van der Waals surface area contributed by atoms with Crippen molar-refractivity contribution < 1.29 is 9.53 Å². The summed E-state index contributed by atoms with van der Waals surface area (Å²) in [6.45, 7) is 4.80. The Kier molecular flexibility index (Phi) is 5.38. The number of amides is 1. The average Bonchev–Trinajstić information content (AvgIpc) is 2.49. The van der Waals surface area contributed by atoms with Crippen LogP contribution in [0, 0.1) is 0 Å². The van der Waals surface area contributed by atoms with Gasteiger partial charge in [-0.1, -0.05) is 19.1 Å². The zero-order valence-corrected chi connectivity index (χ0v) is 12.2. The number of carbonyl (C=O) groups excluding carboxylic acids is 1. The van der Waals surface area contributed by atoms with Crippen molar-refractivity contribution in [3.05, 3.63) is 24.3 Å². The second-order valence-corrected chi connectivity index (χ2v) is 4.88. The number of carbonyl (C=O) groups is 1. The van der Waals surface area contributed by atoms with E-state index in [2.05, 4.69) is 17.6 Å². The van der Waals surface area contributed by atoms with E-state index in [-0.39, 0.29) is 12.5 Å². The predicted octanol–water partition coefficient (Wildman–Crippen LogP) is 1.000. The maximum Gasteiger partial charge on any atom is 0.265 e. The van der Waals surface area contributed by atoms with Crippen molar-refractivity contribution in [1.82, 2.24) is 10.6 Å². The van der Waals surface area contributed by atoms with Gasteiger partial charge in [0.15, 0.2) is 6.61 Å². The summed E-state index contributed by atoms with van der Waals surface area (Å²) in [5, 5.41) is 6.61. The molecule has 1 amide bonds. The van der Waals surface area contributed by atoms with Crippen molar-refractivity contribution in [3.63, 3.8) is 0 Å². The first-order valence-electron chi connectivity index (χ1n) is 7.16. The fourth-order valence-corrected chi connectivity index (χ4v) is 2.35. The van der Waals surface area contributed by atoms with Crippen LogP contribution in [-0.4, -0.2) is 45.2 Å². The molecular weight excluding hydrogens is 254 g/mol. The second kappa shape index (κ2) is 7.26. The van der Waals surface area contributed by atoms with E-state index in [9.17, 15) is 4.79 Å². The Hall–Kier alpha value is -1.59. The van der Waals surface area contributed by atoms with Crippen LogP contribution in [-0.2, 0) is 4.79 Å². The van der Waals surface area contributed by atoms with Gasteiger partial charge in [-0.15, -0.1) is 0 Å². The predicted molar refractivity (Wildman–Crippen MR) is 80.3 cm³/mol. The van der Waals surface area contributed by atoms with E-state index in [1.807, 2.05) is 36.2 Å². The van der Waals surface area contributed by atoms with Gasteiger partial charge in [-0.2, -0.15) is 0 Å². The molecule has 0 fully saturated rings. The molecule has 1 aliphatic heterocycles. The molecule has 5 nitrogen and oxygen atoms in total. The lowest BCUT2D eigenvalue weighted by Crippen LogP contribution is -2.43. The zero-order valence-electron chi connectivity index (χ0n) is 12.2. The minimum Gasteiger partial charge on any atom is -0.482 e. The second-order valence-electron chi connectivity index (χ2n) is 4.88. The van der Waals surface area contributed by atoms with Crippen LogP contribution in [0.25, 0.3) is 0 Å². The van der Waals surface area contributed by atoms with E-state index >= 15 is 0 Å². The van der Waals surface area contributed by atoms with Gasteiger partial charge in [0.05, 0.1) is 5.69 Å². The Morgan fingerprint density at radius 2 is 2.20 bits per heavy atom. The average molecular weight is 277 g/mol.